The molecule has 1 amide bonds. The van der Waals surface area contributed by atoms with Gasteiger partial charge in [0.1, 0.15) is 16.9 Å². The van der Waals surface area contributed by atoms with Crippen molar-refractivity contribution in [1.29, 1.82) is 0 Å². The van der Waals surface area contributed by atoms with Crippen molar-refractivity contribution in [2.24, 2.45) is 5.92 Å². The van der Waals surface area contributed by atoms with Gasteiger partial charge in [-0.3, -0.25) is 0 Å². The van der Waals surface area contributed by atoms with E-state index in [4.69, 9.17) is 9.15 Å². The molecule has 2 heterocycles. The minimum atomic E-state index is -0.439. The van der Waals surface area contributed by atoms with Crippen molar-refractivity contribution in [3.63, 3.8) is 0 Å². The predicted octanol–water partition coefficient (Wildman–Crippen LogP) is 5.82. The molecule has 1 saturated heterocycles. The molecular weight excluding hydrogens is 346 g/mol. The number of rotatable bonds is 3. The number of thioether (sulfide) groups is 1. The number of amides is 1. The summed E-state index contributed by atoms with van der Waals surface area (Å²) in [6.45, 7) is 7.17. The van der Waals surface area contributed by atoms with Gasteiger partial charge in [0.25, 0.3) is 0 Å². The monoisotopic (exact) mass is 373 g/mol. The lowest BCUT2D eigenvalue weighted by Crippen LogP contribution is -2.41. The highest BCUT2D eigenvalue weighted by molar-refractivity contribution is 7.98. The van der Waals surface area contributed by atoms with Crippen molar-refractivity contribution in [2.75, 3.05) is 19.3 Å². The van der Waals surface area contributed by atoms with Gasteiger partial charge < -0.3 is 14.1 Å². The summed E-state index contributed by atoms with van der Waals surface area (Å²) in [5.41, 5.74) is 0.479. The van der Waals surface area contributed by atoms with E-state index >= 15 is 0 Å². The van der Waals surface area contributed by atoms with Gasteiger partial charge in [-0.25, -0.2) is 4.79 Å². The van der Waals surface area contributed by atoms with E-state index in [-0.39, 0.29) is 6.09 Å². The normalized spacial score (nSPS) is 16.5. The quantitative estimate of drug-likeness (QED) is 0.636. The Hall–Kier alpha value is -1.88. The first-order valence-electron chi connectivity index (χ1n) is 9.08. The summed E-state index contributed by atoms with van der Waals surface area (Å²) in [4.78, 5) is 15.2. The summed E-state index contributed by atoms with van der Waals surface area (Å²) < 4.78 is 11.3. The largest absolute Gasteiger partial charge is 0.457 e. The first kappa shape index (κ1) is 18.9. The van der Waals surface area contributed by atoms with E-state index < -0.39 is 5.60 Å². The smallest absolute Gasteiger partial charge is 0.410 e. The lowest BCUT2D eigenvalue weighted by molar-refractivity contribution is 0.0197. The zero-order chi connectivity index (χ0) is 18.7. The molecule has 0 saturated carbocycles. The number of likely N-dealkylation sites (tertiary alicyclic amines) is 1. The lowest BCUT2D eigenvalue weighted by Gasteiger charge is -2.32. The molecular formula is C21H27NO3S. The number of carbonyl (C=O) groups is 1. The fourth-order valence-electron chi connectivity index (χ4n) is 3.08. The number of hydrogen-bond acceptors (Lipinski definition) is 4. The van der Waals surface area contributed by atoms with Crippen LogP contribution in [0.25, 0.3) is 17.0 Å². The molecule has 0 spiro atoms. The van der Waals surface area contributed by atoms with Crippen molar-refractivity contribution in [3.8, 4) is 0 Å². The first-order valence-corrected chi connectivity index (χ1v) is 10.3. The first-order chi connectivity index (χ1) is 12.3. The van der Waals surface area contributed by atoms with Crippen LogP contribution in [0.5, 0.6) is 0 Å². The lowest BCUT2D eigenvalue weighted by atomic mass is 9.96. The van der Waals surface area contributed by atoms with Gasteiger partial charge in [-0.15, -0.1) is 11.8 Å². The van der Waals surface area contributed by atoms with Crippen LogP contribution in [0.2, 0.25) is 0 Å². The maximum absolute atomic E-state index is 12.1. The molecule has 1 aromatic carbocycles. The maximum atomic E-state index is 12.1. The van der Waals surface area contributed by atoms with Gasteiger partial charge >= 0.3 is 6.09 Å². The molecule has 0 atom stereocenters. The molecule has 1 fully saturated rings. The van der Waals surface area contributed by atoms with Crippen LogP contribution in [0.1, 0.15) is 39.4 Å². The Kier molecular flexibility index (Phi) is 5.66. The van der Waals surface area contributed by atoms with Gasteiger partial charge in [0.2, 0.25) is 0 Å². The Morgan fingerprint density at radius 1 is 1.27 bits per heavy atom. The summed E-state index contributed by atoms with van der Waals surface area (Å²) in [5, 5.41) is 1.14. The van der Waals surface area contributed by atoms with Crippen LogP contribution < -0.4 is 0 Å². The van der Waals surface area contributed by atoms with Crippen LogP contribution in [0, 0.1) is 5.92 Å². The summed E-state index contributed by atoms with van der Waals surface area (Å²) in [6, 6.07) is 8.34. The Morgan fingerprint density at radius 3 is 2.65 bits per heavy atom. The molecule has 0 aliphatic carbocycles. The van der Waals surface area contributed by atoms with Crippen LogP contribution in [0.3, 0.4) is 0 Å². The van der Waals surface area contributed by atoms with Gasteiger partial charge in [-0.05, 0) is 76.1 Å². The highest BCUT2D eigenvalue weighted by Gasteiger charge is 2.25. The summed E-state index contributed by atoms with van der Waals surface area (Å²) in [5.74, 6) is 1.34. The third-order valence-corrected chi connectivity index (χ3v) is 5.19. The van der Waals surface area contributed by atoms with Crippen LogP contribution in [0.4, 0.5) is 4.79 Å². The molecule has 5 heteroatoms. The van der Waals surface area contributed by atoms with Crippen LogP contribution in [-0.4, -0.2) is 35.9 Å². The second-order valence-electron chi connectivity index (χ2n) is 7.72. The highest BCUT2D eigenvalue weighted by Crippen LogP contribution is 2.27. The van der Waals surface area contributed by atoms with Crippen LogP contribution in [0.15, 0.2) is 39.7 Å². The summed E-state index contributed by atoms with van der Waals surface area (Å²) in [6.07, 6.45) is 8.04. The number of benzene rings is 1. The average Bonchev–Trinajstić information content (AvgIpc) is 3.00. The van der Waals surface area contributed by atoms with E-state index in [1.807, 2.05) is 26.8 Å². The average molecular weight is 374 g/mol. The van der Waals surface area contributed by atoms with Crippen molar-refractivity contribution in [3.05, 3.63) is 36.1 Å². The topological polar surface area (TPSA) is 42.7 Å². The van der Waals surface area contributed by atoms with Gasteiger partial charge in [-0.2, -0.15) is 0 Å². The highest BCUT2D eigenvalue weighted by atomic mass is 32.2. The number of fused-ring (bicyclic) bond motifs is 1. The number of hydrogen-bond donors (Lipinski definition) is 0. The summed E-state index contributed by atoms with van der Waals surface area (Å²) >= 11 is 1.73. The van der Waals surface area contributed by atoms with Crippen LogP contribution in [-0.2, 0) is 4.74 Å². The molecule has 2 aromatic rings. The van der Waals surface area contributed by atoms with Crippen molar-refractivity contribution in [1.82, 2.24) is 4.90 Å². The molecule has 3 rings (SSSR count). The zero-order valence-corrected chi connectivity index (χ0v) is 16.8. The summed E-state index contributed by atoms with van der Waals surface area (Å²) in [7, 11) is 0. The molecule has 1 aliphatic rings. The Labute approximate surface area is 159 Å². The number of allylic oxidation sites excluding steroid dienone is 1. The molecule has 1 aromatic heterocycles. The predicted molar refractivity (Wildman–Crippen MR) is 108 cm³/mol. The minimum absolute atomic E-state index is 0.207. The number of furan rings is 1. The Balaban J connectivity index is 1.56. The molecule has 0 radical (unpaired) electrons. The van der Waals surface area contributed by atoms with Crippen molar-refractivity contribution in [2.45, 2.75) is 44.1 Å². The SMILES string of the molecule is CSc1ccc2oc(/C=C/C3CCN(C(=O)OC(C)(C)C)CC3)cc2c1. The van der Waals surface area contributed by atoms with E-state index in [1.165, 1.54) is 4.90 Å². The molecule has 4 nitrogen and oxygen atoms in total. The van der Waals surface area contributed by atoms with Crippen molar-refractivity contribution < 1.29 is 13.9 Å². The van der Waals surface area contributed by atoms with Crippen molar-refractivity contribution >= 4 is 34.9 Å². The second-order valence-corrected chi connectivity index (χ2v) is 8.60. The second kappa shape index (κ2) is 7.78. The van der Waals surface area contributed by atoms with E-state index in [9.17, 15) is 4.79 Å². The fraction of sp³-hybridized carbons (Fsp3) is 0.476. The van der Waals surface area contributed by atoms with Gasteiger partial charge in [0.05, 0.1) is 0 Å². The van der Waals surface area contributed by atoms with E-state index in [2.05, 4.69) is 36.6 Å². The fourth-order valence-corrected chi connectivity index (χ4v) is 3.53. The number of ether oxygens (including phenoxy) is 1. The minimum Gasteiger partial charge on any atom is -0.457 e. The molecule has 0 unspecified atom stereocenters. The molecule has 0 N–H and O–H groups in total. The Morgan fingerprint density at radius 2 is 2.00 bits per heavy atom. The van der Waals surface area contributed by atoms with E-state index in [0.29, 0.717) is 5.92 Å². The molecule has 0 bridgehead atoms. The number of nitrogens with zero attached hydrogens (tertiary/aromatic N) is 1. The molecule has 26 heavy (non-hydrogen) atoms. The molecule has 1 aliphatic heterocycles. The van der Waals surface area contributed by atoms with Gasteiger partial charge in [-0.1, -0.05) is 6.08 Å². The third kappa shape index (κ3) is 4.85. The molecule has 140 valence electrons. The van der Waals surface area contributed by atoms with Crippen LogP contribution >= 0.6 is 11.8 Å². The zero-order valence-electron chi connectivity index (χ0n) is 16.0. The third-order valence-electron chi connectivity index (χ3n) is 4.47. The number of carbonyl (C=O) groups excluding carboxylic acids is 1. The van der Waals surface area contributed by atoms with E-state index in [0.717, 1.165) is 42.7 Å². The number of piperidine rings is 1. The Bertz CT molecular complexity index is 795. The van der Waals surface area contributed by atoms with Gasteiger partial charge in [0, 0.05) is 23.4 Å². The maximum Gasteiger partial charge on any atom is 0.410 e. The standard InChI is InChI=1S/C21H27NO3S/c1-21(2,3)25-20(23)22-11-9-15(10-12-22)5-6-17-13-16-14-18(26-4)7-8-19(16)24-17/h5-8,13-15H,9-12H2,1-4H3/b6-5+. The van der Waals surface area contributed by atoms with E-state index in [1.54, 1.807) is 16.7 Å². The van der Waals surface area contributed by atoms with Gasteiger partial charge in [0.15, 0.2) is 0 Å².